The number of rotatable bonds is 8. The molecule has 0 unspecified atom stereocenters. The summed E-state index contributed by atoms with van der Waals surface area (Å²) < 4.78 is 22.4. The van der Waals surface area contributed by atoms with E-state index in [-0.39, 0.29) is 24.8 Å². The van der Waals surface area contributed by atoms with Gasteiger partial charge in [0, 0.05) is 24.4 Å². The number of benzene rings is 3. The molecular weight excluding hydrogens is 485 g/mol. The Labute approximate surface area is 220 Å². The number of carbonyl (C=O) groups excluding carboxylic acids is 2. The van der Waals surface area contributed by atoms with Crippen molar-refractivity contribution in [1.82, 2.24) is 20.3 Å². The zero-order valence-corrected chi connectivity index (χ0v) is 21.4. The Balaban J connectivity index is 1.57. The normalized spacial score (nSPS) is 15.9. The highest BCUT2D eigenvalue weighted by atomic mass is 19.1. The molecule has 0 radical (unpaired) electrons. The maximum absolute atomic E-state index is 15.2. The standard InChI is InChI=1S/C29H30FN5O3/c1-19-13-14-21(16-20(19)2)35(27(36)18-34-26-12-6-5-11-25(26)32-33-34)28(23-9-3-4-10-24(23)30)29(37)31-17-22-8-7-15-38-22/h3-6,9-14,16,22,28H,7-8,15,17-18H2,1-2H3,(H,31,37)/t22-,28+/m0/s1. The lowest BCUT2D eigenvalue weighted by Crippen LogP contribution is -2.47. The number of fused-ring (bicyclic) bond motifs is 1. The quantitative estimate of drug-likeness (QED) is 0.379. The molecule has 0 bridgehead atoms. The summed E-state index contributed by atoms with van der Waals surface area (Å²) in [6.45, 7) is 4.65. The Morgan fingerprint density at radius 1 is 1.11 bits per heavy atom. The van der Waals surface area contributed by atoms with Crippen LogP contribution in [0.15, 0.2) is 66.7 Å². The summed E-state index contributed by atoms with van der Waals surface area (Å²) in [7, 11) is 0. The van der Waals surface area contributed by atoms with Gasteiger partial charge in [0.2, 0.25) is 11.8 Å². The molecular formula is C29H30FN5O3. The summed E-state index contributed by atoms with van der Waals surface area (Å²) in [5.41, 5.74) is 3.91. The van der Waals surface area contributed by atoms with Crippen LogP contribution in [0.1, 0.15) is 35.6 Å². The molecule has 1 aromatic heterocycles. The van der Waals surface area contributed by atoms with Gasteiger partial charge in [0.1, 0.15) is 23.9 Å². The smallest absolute Gasteiger partial charge is 0.249 e. The van der Waals surface area contributed by atoms with Gasteiger partial charge in [0.05, 0.1) is 11.6 Å². The molecule has 2 amide bonds. The number of para-hydroxylation sites is 1. The number of nitrogens with zero attached hydrogens (tertiary/aromatic N) is 4. The van der Waals surface area contributed by atoms with Gasteiger partial charge in [0.25, 0.3) is 0 Å². The highest BCUT2D eigenvalue weighted by Gasteiger charge is 2.35. The third-order valence-corrected chi connectivity index (χ3v) is 6.98. The van der Waals surface area contributed by atoms with Crippen LogP contribution in [0.25, 0.3) is 11.0 Å². The number of nitrogens with one attached hydrogen (secondary N) is 1. The topological polar surface area (TPSA) is 89.4 Å². The lowest BCUT2D eigenvalue weighted by molar-refractivity contribution is -0.127. The molecule has 1 fully saturated rings. The van der Waals surface area contributed by atoms with Crippen LogP contribution in [0.3, 0.4) is 0 Å². The van der Waals surface area contributed by atoms with E-state index in [1.54, 1.807) is 18.2 Å². The fraction of sp³-hybridized carbons (Fsp3) is 0.310. The third-order valence-electron chi connectivity index (χ3n) is 6.98. The molecule has 0 spiro atoms. The molecule has 2 heterocycles. The number of ether oxygens (including phenoxy) is 1. The summed E-state index contributed by atoms with van der Waals surface area (Å²) in [6, 6.07) is 17.6. The zero-order chi connectivity index (χ0) is 26.6. The first-order valence-electron chi connectivity index (χ1n) is 12.7. The van der Waals surface area contributed by atoms with Crippen LogP contribution in [-0.2, 0) is 20.9 Å². The van der Waals surface area contributed by atoms with E-state index in [1.165, 1.54) is 21.7 Å². The van der Waals surface area contributed by atoms with E-state index in [1.807, 2.05) is 50.2 Å². The average Bonchev–Trinajstić information content (AvgIpc) is 3.58. The largest absolute Gasteiger partial charge is 0.376 e. The molecule has 9 heteroatoms. The summed E-state index contributed by atoms with van der Waals surface area (Å²) in [6.07, 6.45) is 1.66. The van der Waals surface area contributed by atoms with E-state index in [4.69, 9.17) is 4.74 Å². The minimum absolute atomic E-state index is 0.104. The predicted octanol–water partition coefficient (Wildman–Crippen LogP) is 4.26. The Hall–Kier alpha value is -4.11. The highest BCUT2D eigenvalue weighted by Crippen LogP contribution is 2.31. The second kappa shape index (κ2) is 11.1. The highest BCUT2D eigenvalue weighted by molar-refractivity contribution is 6.01. The molecule has 5 rings (SSSR count). The van der Waals surface area contributed by atoms with Crippen molar-refractivity contribution in [3.8, 4) is 0 Å². The molecule has 4 aromatic rings. The van der Waals surface area contributed by atoms with E-state index >= 15 is 4.39 Å². The van der Waals surface area contributed by atoms with Crippen molar-refractivity contribution >= 4 is 28.5 Å². The summed E-state index contributed by atoms with van der Waals surface area (Å²) in [5.74, 6) is -1.48. The number of aromatic nitrogens is 3. The second-order valence-electron chi connectivity index (χ2n) is 9.57. The van der Waals surface area contributed by atoms with Crippen LogP contribution >= 0.6 is 0 Å². The fourth-order valence-corrected chi connectivity index (χ4v) is 4.76. The monoisotopic (exact) mass is 515 g/mol. The Kier molecular flexibility index (Phi) is 7.46. The van der Waals surface area contributed by atoms with Crippen molar-refractivity contribution in [2.45, 2.75) is 45.4 Å². The lowest BCUT2D eigenvalue weighted by Gasteiger charge is -2.32. The molecule has 1 N–H and O–H groups in total. The van der Waals surface area contributed by atoms with Crippen LogP contribution in [-0.4, -0.2) is 46.1 Å². The SMILES string of the molecule is Cc1ccc(N(C(=O)Cn2nnc3ccccc32)[C@@H](C(=O)NC[C@@H]2CCCO2)c2ccccc2F)cc1C. The van der Waals surface area contributed by atoms with Crippen LogP contribution in [0.5, 0.6) is 0 Å². The van der Waals surface area contributed by atoms with E-state index in [0.29, 0.717) is 23.3 Å². The molecule has 2 atom stereocenters. The summed E-state index contributed by atoms with van der Waals surface area (Å²) in [4.78, 5) is 29.2. The Morgan fingerprint density at radius 3 is 2.66 bits per heavy atom. The number of amides is 2. The number of hydrogen-bond acceptors (Lipinski definition) is 5. The van der Waals surface area contributed by atoms with Gasteiger partial charge in [-0.3, -0.25) is 14.5 Å². The third kappa shape index (κ3) is 5.28. The van der Waals surface area contributed by atoms with Gasteiger partial charge in [-0.25, -0.2) is 9.07 Å². The van der Waals surface area contributed by atoms with Crippen molar-refractivity contribution in [2.75, 3.05) is 18.1 Å². The van der Waals surface area contributed by atoms with Gasteiger partial charge >= 0.3 is 0 Å². The molecule has 1 aliphatic rings. The first-order valence-corrected chi connectivity index (χ1v) is 12.7. The molecule has 3 aromatic carbocycles. The molecule has 0 saturated carbocycles. The molecule has 1 aliphatic heterocycles. The van der Waals surface area contributed by atoms with Crippen molar-refractivity contribution in [1.29, 1.82) is 0 Å². The minimum Gasteiger partial charge on any atom is -0.376 e. The van der Waals surface area contributed by atoms with E-state index < -0.39 is 23.7 Å². The Morgan fingerprint density at radius 2 is 1.89 bits per heavy atom. The number of hydrogen-bond donors (Lipinski definition) is 1. The van der Waals surface area contributed by atoms with Crippen molar-refractivity contribution < 1.29 is 18.7 Å². The predicted molar refractivity (Wildman–Crippen MR) is 142 cm³/mol. The number of anilines is 1. The summed E-state index contributed by atoms with van der Waals surface area (Å²) in [5, 5.41) is 11.2. The molecule has 196 valence electrons. The summed E-state index contributed by atoms with van der Waals surface area (Å²) >= 11 is 0. The number of carbonyl (C=O) groups is 2. The van der Waals surface area contributed by atoms with Crippen LogP contribution in [0.4, 0.5) is 10.1 Å². The van der Waals surface area contributed by atoms with E-state index in [9.17, 15) is 9.59 Å². The van der Waals surface area contributed by atoms with Crippen LogP contribution in [0.2, 0.25) is 0 Å². The van der Waals surface area contributed by atoms with Gasteiger partial charge in [-0.1, -0.05) is 41.6 Å². The Bertz CT molecular complexity index is 1460. The van der Waals surface area contributed by atoms with Crippen LogP contribution < -0.4 is 10.2 Å². The average molecular weight is 516 g/mol. The molecule has 8 nitrogen and oxygen atoms in total. The molecule has 38 heavy (non-hydrogen) atoms. The van der Waals surface area contributed by atoms with Crippen molar-refractivity contribution in [3.05, 3.63) is 89.2 Å². The first-order chi connectivity index (χ1) is 18.4. The van der Waals surface area contributed by atoms with E-state index in [0.717, 1.165) is 24.0 Å². The van der Waals surface area contributed by atoms with Gasteiger partial charge in [-0.2, -0.15) is 0 Å². The molecule has 1 saturated heterocycles. The second-order valence-corrected chi connectivity index (χ2v) is 9.57. The van der Waals surface area contributed by atoms with Gasteiger partial charge in [-0.05, 0) is 68.1 Å². The van der Waals surface area contributed by atoms with Crippen molar-refractivity contribution in [3.63, 3.8) is 0 Å². The van der Waals surface area contributed by atoms with Crippen LogP contribution in [0, 0.1) is 19.7 Å². The van der Waals surface area contributed by atoms with Crippen molar-refractivity contribution in [2.24, 2.45) is 0 Å². The zero-order valence-electron chi connectivity index (χ0n) is 21.4. The van der Waals surface area contributed by atoms with Gasteiger partial charge in [-0.15, -0.1) is 5.10 Å². The lowest BCUT2D eigenvalue weighted by atomic mass is 10.0. The first kappa shape index (κ1) is 25.5. The maximum atomic E-state index is 15.2. The van der Waals surface area contributed by atoms with Gasteiger partial charge < -0.3 is 10.1 Å². The number of halogens is 1. The number of aryl methyl sites for hydroxylation is 2. The van der Waals surface area contributed by atoms with Gasteiger partial charge in [0.15, 0.2) is 0 Å². The maximum Gasteiger partial charge on any atom is 0.249 e. The molecule has 0 aliphatic carbocycles. The minimum atomic E-state index is -1.25. The van der Waals surface area contributed by atoms with E-state index in [2.05, 4.69) is 15.6 Å². The fourth-order valence-electron chi connectivity index (χ4n) is 4.76.